The van der Waals surface area contributed by atoms with Gasteiger partial charge in [-0.25, -0.2) is 0 Å². The van der Waals surface area contributed by atoms with Crippen LogP contribution in [0.3, 0.4) is 0 Å². The molecule has 0 radical (unpaired) electrons. The van der Waals surface area contributed by atoms with Crippen molar-refractivity contribution in [1.82, 2.24) is 0 Å². The van der Waals surface area contributed by atoms with Crippen molar-refractivity contribution in [3.05, 3.63) is 0 Å². The largest absolute Gasteiger partial charge is 0.428 e. The van der Waals surface area contributed by atoms with E-state index >= 15 is 0 Å². The highest BCUT2D eigenvalue weighted by atomic mass is 16.7. The van der Waals surface area contributed by atoms with Crippen LogP contribution in [0.2, 0.25) is 0 Å². The maximum Gasteiger partial charge on any atom is 0.312 e. The average molecular weight is 202 g/mol. The average Bonchev–Trinajstić information content (AvgIpc) is 2.52. The molecule has 1 fully saturated rings. The molecule has 14 heavy (non-hydrogen) atoms. The minimum absolute atomic E-state index is 0.238. The summed E-state index contributed by atoms with van der Waals surface area (Å²) in [6.07, 6.45) is 0.441. The lowest BCUT2D eigenvalue weighted by Gasteiger charge is -2.14. The van der Waals surface area contributed by atoms with Gasteiger partial charge >= 0.3 is 5.97 Å². The number of rotatable bonds is 4. The minimum atomic E-state index is -0.849. The van der Waals surface area contributed by atoms with E-state index in [1.165, 1.54) is 6.92 Å². The number of carbonyl (C=O) groups excluding carboxylic acids is 2. The fraction of sp³-hybridized carbons (Fsp3) is 0.778. The van der Waals surface area contributed by atoms with E-state index in [0.717, 1.165) is 0 Å². The Balaban J connectivity index is 2.31. The summed E-state index contributed by atoms with van der Waals surface area (Å²) in [5.41, 5.74) is 0. The third kappa shape index (κ3) is 2.99. The molecular formula is C9H14O5. The van der Waals surface area contributed by atoms with Gasteiger partial charge < -0.3 is 14.6 Å². The van der Waals surface area contributed by atoms with Crippen LogP contribution in [0.1, 0.15) is 26.2 Å². The van der Waals surface area contributed by atoms with Gasteiger partial charge in [0.1, 0.15) is 0 Å². The summed E-state index contributed by atoms with van der Waals surface area (Å²) in [5, 5.41) is 9.19. The van der Waals surface area contributed by atoms with Crippen LogP contribution >= 0.6 is 0 Å². The van der Waals surface area contributed by atoms with Crippen molar-refractivity contribution in [2.45, 2.75) is 38.6 Å². The third-order valence-electron chi connectivity index (χ3n) is 2.27. The lowest BCUT2D eigenvalue weighted by atomic mass is 10.1. The second-order valence-corrected chi connectivity index (χ2v) is 3.40. The minimum Gasteiger partial charge on any atom is -0.428 e. The van der Waals surface area contributed by atoms with Gasteiger partial charge in [-0.2, -0.15) is 0 Å². The Morgan fingerprint density at radius 2 is 2.29 bits per heavy atom. The molecule has 0 saturated heterocycles. The molecule has 0 heterocycles. The number of aliphatic hydroxyl groups excluding tert-OH is 1. The Morgan fingerprint density at radius 1 is 1.57 bits per heavy atom. The summed E-state index contributed by atoms with van der Waals surface area (Å²) in [6, 6.07) is 0. The molecule has 5 nitrogen and oxygen atoms in total. The Bertz CT molecular complexity index is 215. The van der Waals surface area contributed by atoms with Crippen LogP contribution in [0.25, 0.3) is 0 Å². The van der Waals surface area contributed by atoms with Crippen LogP contribution in [-0.4, -0.2) is 29.9 Å². The molecule has 1 aliphatic carbocycles. The SMILES string of the molecule is CC(OC=O)OC(=O)C1CCC(O)C1. The first-order chi connectivity index (χ1) is 6.63. The summed E-state index contributed by atoms with van der Waals surface area (Å²) in [7, 11) is 0. The summed E-state index contributed by atoms with van der Waals surface area (Å²) in [4.78, 5) is 21.3. The van der Waals surface area contributed by atoms with Crippen molar-refractivity contribution in [2.75, 3.05) is 0 Å². The van der Waals surface area contributed by atoms with Crippen molar-refractivity contribution >= 4 is 12.4 Å². The third-order valence-corrected chi connectivity index (χ3v) is 2.27. The Morgan fingerprint density at radius 3 is 2.79 bits per heavy atom. The van der Waals surface area contributed by atoms with E-state index in [1.54, 1.807) is 0 Å². The van der Waals surface area contributed by atoms with Gasteiger partial charge in [-0.3, -0.25) is 9.59 Å². The van der Waals surface area contributed by atoms with Crippen LogP contribution < -0.4 is 0 Å². The number of ether oxygens (including phenoxy) is 2. The van der Waals surface area contributed by atoms with E-state index in [2.05, 4.69) is 4.74 Å². The number of carbonyl (C=O) groups is 2. The van der Waals surface area contributed by atoms with Crippen LogP contribution in [0, 0.1) is 5.92 Å². The summed E-state index contributed by atoms with van der Waals surface area (Å²) in [5.74, 6) is -0.668. The number of esters is 1. The second-order valence-electron chi connectivity index (χ2n) is 3.40. The van der Waals surface area contributed by atoms with Gasteiger partial charge in [0.25, 0.3) is 6.47 Å². The van der Waals surface area contributed by atoms with E-state index in [4.69, 9.17) is 4.74 Å². The van der Waals surface area contributed by atoms with E-state index < -0.39 is 18.4 Å². The van der Waals surface area contributed by atoms with Gasteiger partial charge in [0, 0.05) is 6.92 Å². The summed E-state index contributed by atoms with van der Waals surface area (Å²) >= 11 is 0. The molecule has 0 aromatic rings. The quantitative estimate of drug-likeness (QED) is 0.401. The molecule has 3 unspecified atom stereocenters. The molecule has 0 amide bonds. The van der Waals surface area contributed by atoms with E-state index in [-0.39, 0.29) is 12.4 Å². The predicted octanol–water partition coefficient (Wildman–Crippen LogP) is 0.210. The number of hydrogen-bond acceptors (Lipinski definition) is 5. The van der Waals surface area contributed by atoms with Crippen molar-refractivity contribution in [3.8, 4) is 0 Å². The first-order valence-electron chi connectivity index (χ1n) is 4.61. The maximum atomic E-state index is 11.3. The lowest BCUT2D eigenvalue weighted by molar-refractivity contribution is -0.180. The maximum absolute atomic E-state index is 11.3. The van der Waals surface area contributed by atoms with E-state index in [0.29, 0.717) is 19.3 Å². The van der Waals surface area contributed by atoms with Gasteiger partial charge in [-0.1, -0.05) is 0 Å². The van der Waals surface area contributed by atoms with Crippen LogP contribution in [-0.2, 0) is 19.1 Å². The summed E-state index contributed by atoms with van der Waals surface area (Å²) in [6.45, 7) is 1.71. The van der Waals surface area contributed by atoms with Gasteiger partial charge in [0.05, 0.1) is 12.0 Å². The lowest BCUT2D eigenvalue weighted by Crippen LogP contribution is -2.23. The van der Waals surface area contributed by atoms with Crippen molar-refractivity contribution in [2.24, 2.45) is 5.92 Å². The first-order valence-corrected chi connectivity index (χ1v) is 4.61. The molecule has 1 rings (SSSR count). The molecule has 0 aromatic carbocycles. The molecule has 0 bridgehead atoms. The molecule has 0 spiro atoms. The molecule has 3 atom stereocenters. The van der Waals surface area contributed by atoms with Crippen molar-refractivity contribution in [3.63, 3.8) is 0 Å². The Hall–Kier alpha value is -1.10. The predicted molar refractivity (Wildman–Crippen MR) is 46.1 cm³/mol. The molecule has 1 N–H and O–H groups in total. The van der Waals surface area contributed by atoms with E-state index in [9.17, 15) is 14.7 Å². The van der Waals surface area contributed by atoms with Crippen LogP contribution in [0.15, 0.2) is 0 Å². The van der Waals surface area contributed by atoms with Gasteiger partial charge in [-0.15, -0.1) is 0 Å². The highest BCUT2D eigenvalue weighted by molar-refractivity contribution is 5.73. The standard InChI is InChI=1S/C9H14O5/c1-6(13-5-10)14-9(12)7-2-3-8(11)4-7/h5-8,11H,2-4H2,1H3. The first kappa shape index (κ1) is 11.0. The fourth-order valence-corrected chi connectivity index (χ4v) is 1.54. The highest BCUT2D eigenvalue weighted by Gasteiger charge is 2.30. The Labute approximate surface area is 82.0 Å². The number of hydrogen-bond donors (Lipinski definition) is 1. The molecule has 5 heteroatoms. The fourth-order valence-electron chi connectivity index (χ4n) is 1.54. The monoisotopic (exact) mass is 202 g/mol. The van der Waals surface area contributed by atoms with Crippen LogP contribution in [0.5, 0.6) is 0 Å². The number of aliphatic hydroxyl groups is 1. The zero-order valence-electron chi connectivity index (χ0n) is 8.01. The Kier molecular flexibility index (Phi) is 3.88. The normalized spacial score (nSPS) is 28.1. The topological polar surface area (TPSA) is 72.8 Å². The van der Waals surface area contributed by atoms with Gasteiger partial charge in [0.15, 0.2) is 0 Å². The zero-order valence-corrected chi connectivity index (χ0v) is 8.01. The molecular weight excluding hydrogens is 188 g/mol. The van der Waals surface area contributed by atoms with Gasteiger partial charge in [0.2, 0.25) is 6.29 Å². The smallest absolute Gasteiger partial charge is 0.312 e. The molecule has 0 aliphatic heterocycles. The highest BCUT2D eigenvalue weighted by Crippen LogP contribution is 2.26. The van der Waals surface area contributed by atoms with E-state index in [1.807, 2.05) is 0 Å². The summed E-state index contributed by atoms with van der Waals surface area (Å²) < 4.78 is 9.23. The molecule has 1 aliphatic rings. The molecule has 0 aromatic heterocycles. The molecule has 80 valence electrons. The van der Waals surface area contributed by atoms with Crippen molar-refractivity contribution < 1.29 is 24.2 Å². The van der Waals surface area contributed by atoms with Gasteiger partial charge in [-0.05, 0) is 19.3 Å². The zero-order chi connectivity index (χ0) is 10.6. The molecule has 1 saturated carbocycles. The van der Waals surface area contributed by atoms with Crippen molar-refractivity contribution in [1.29, 1.82) is 0 Å². The van der Waals surface area contributed by atoms with Crippen LogP contribution in [0.4, 0.5) is 0 Å². The second kappa shape index (κ2) is 4.95.